The number of benzene rings is 2. The van der Waals surface area contributed by atoms with Gasteiger partial charge < -0.3 is 4.90 Å². The first kappa shape index (κ1) is 26.7. The maximum atomic E-state index is 13.8. The lowest BCUT2D eigenvalue weighted by atomic mass is 9.97. The summed E-state index contributed by atoms with van der Waals surface area (Å²) in [5.41, 5.74) is 4.91. The monoisotopic (exact) mass is 561 g/mol. The summed E-state index contributed by atoms with van der Waals surface area (Å²) in [5.74, 6) is -1.48. The number of hydroxylamine groups is 1. The van der Waals surface area contributed by atoms with Crippen molar-refractivity contribution in [1.82, 2.24) is 15.4 Å². The number of hydrogen-bond donors (Lipinski definition) is 2. The van der Waals surface area contributed by atoms with Gasteiger partial charge >= 0.3 is 0 Å². The molecule has 1 aliphatic heterocycles. The highest BCUT2D eigenvalue weighted by molar-refractivity contribution is 7.92. The zero-order valence-corrected chi connectivity index (χ0v) is 22.6. The van der Waals surface area contributed by atoms with Gasteiger partial charge in [0, 0.05) is 29.0 Å². The zero-order valence-electron chi connectivity index (χ0n) is 21.0. The molecule has 1 atom stereocenters. The van der Waals surface area contributed by atoms with Crippen molar-refractivity contribution in [3.05, 3.63) is 102 Å². The summed E-state index contributed by atoms with van der Waals surface area (Å²) in [6.45, 7) is 0.103. The molecule has 2 amide bonds. The third-order valence-corrected chi connectivity index (χ3v) is 11.0. The van der Waals surface area contributed by atoms with Crippen LogP contribution in [0.1, 0.15) is 28.2 Å². The van der Waals surface area contributed by atoms with Crippen LogP contribution in [0.25, 0.3) is 21.6 Å². The van der Waals surface area contributed by atoms with Gasteiger partial charge in [0.25, 0.3) is 5.91 Å². The predicted molar refractivity (Wildman–Crippen MR) is 150 cm³/mol. The molecule has 0 saturated carbocycles. The van der Waals surface area contributed by atoms with E-state index in [4.69, 9.17) is 0 Å². The van der Waals surface area contributed by atoms with E-state index < -0.39 is 26.9 Å². The highest BCUT2D eigenvalue weighted by Gasteiger charge is 2.50. The first-order valence-corrected chi connectivity index (χ1v) is 14.9. The summed E-state index contributed by atoms with van der Waals surface area (Å²) in [4.78, 5) is 32.4. The minimum atomic E-state index is -3.92. The Kier molecular flexibility index (Phi) is 7.60. The van der Waals surface area contributed by atoms with Gasteiger partial charge in [0.2, 0.25) is 5.91 Å². The third-order valence-electron chi connectivity index (χ3n) is 7.08. The van der Waals surface area contributed by atoms with E-state index in [1.807, 2.05) is 60.7 Å². The molecule has 1 unspecified atom stereocenters. The minimum absolute atomic E-state index is 0.00816. The van der Waals surface area contributed by atoms with Crippen LogP contribution in [0, 0.1) is 0 Å². The van der Waals surface area contributed by atoms with Crippen LogP contribution in [0.3, 0.4) is 0 Å². The number of sulfone groups is 1. The van der Waals surface area contributed by atoms with Crippen LogP contribution in [0.2, 0.25) is 0 Å². The molecule has 0 spiro atoms. The molecule has 1 aliphatic rings. The summed E-state index contributed by atoms with van der Waals surface area (Å²) < 4.78 is 26.0. The number of thiophene rings is 1. The van der Waals surface area contributed by atoms with Crippen molar-refractivity contribution >= 4 is 33.0 Å². The van der Waals surface area contributed by atoms with Gasteiger partial charge in [0.05, 0.1) is 12.2 Å². The summed E-state index contributed by atoms with van der Waals surface area (Å²) in [7, 11) is -3.92. The van der Waals surface area contributed by atoms with E-state index in [-0.39, 0.29) is 36.9 Å². The molecule has 8 nitrogen and oxygen atoms in total. The number of aromatic nitrogens is 1. The number of pyridine rings is 1. The summed E-state index contributed by atoms with van der Waals surface area (Å²) >= 11 is 1.31. The minimum Gasteiger partial charge on any atom is -0.336 e. The maximum Gasteiger partial charge on any atom is 0.272 e. The molecular weight excluding hydrogens is 534 g/mol. The van der Waals surface area contributed by atoms with E-state index in [0.717, 1.165) is 21.6 Å². The first-order valence-electron chi connectivity index (χ1n) is 12.4. The Balaban J connectivity index is 1.48. The van der Waals surface area contributed by atoms with Crippen LogP contribution in [-0.4, -0.2) is 54.2 Å². The summed E-state index contributed by atoms with van der Waals surface area (Å²) in [6, 6.07) is 26.6. The normalized spacial score (nSPS) is 18.7. The molecule has 39 heavy (non-hydrogen) atoms. The van der Waals surface area contributed by atoms with E-state index in [2.05, 4.69) is 4.98 Å². The maximum absolute atomic E-state index is 13.8. The molecule has 200 valence electrons. The Labute approximate surface area is 230 Å². The Morgan fingerprint density at radius 2 is 1.59 bits per heavy atom. The molecular formula is C29H27N3O5S2. The summed E-state index contributed by atoms with van der Waals surface area (Å²) in [6.07, 6.45) is 1.07. The molecule has 2 N–H and O–H groups in total. The lowest BCUT2D eigenvalue weighted by Crippen LogP contribution is -2.41. The van der Waals surface area contributed by atoms with Gasteiger partial charge in [-0.05, 0) is 47.4 Å². The Hall–Kier alpha value is -3.86. The van der Waals surface area contributed by atoms with Crippen molar-refractivity contribution in [2.75, 3.05) is 18.8 Å². The first-order chi connectivity index (χ1) is 18.8. The van der Waals surface area contributed by atoms with Crippen molar-refractivity contribution < 1.29 is 23.2 Å². The van der Waals surface area contributed by atoms with E-state index in [9.17, 15) is 23.2 Å². The highest BCUT2D eigenvalue weighted by Crippen LogP contribution is 2.45. The predicted octanol–water partition coefficient (Wildman–Crippen LogP) is 4.53. The van der Waals surface area contributed by atoms with Crippen LogP contribution in [0.15, 0.2) is 91.1 Å². The van der Waals surface area contributed by atoms with Crippen molar-refractivity contribution in [3.63, 3.8) is 0 Å². The van der Waals surface area contributed by atoms with Gasteiger partial charge in [0.1, 0.15) is 10.4 Å². The Morgan fingerprint density at radius 1 is 0.897 bits per heavy atom. The number of nitrogens with one attached hydrogen (secondary N) is 1. The number of nitrogens with zero attached hydrogens (tertiary/aromatic N) is 2. The number of amides is 2. The average molecular weight is 562 g/mol. The molecule has 5 rings (SSSR count). The SMILES string of the molecule is O=C(CC1(c2ccc(-c3ccc(-c4ccccc4)cc3)s2)CCN(C(=O)c2ccccn2)CCS1(=O)=O)NO. The Bertz CT molecular complexity index is 1570. The second-order valence-electron chi connectivity index (χ2n) is 9.39. The smallest absolute Gasteiger partial charge is 0.272 e. The van der Waals surface area contributed by atoms with Crippen molar-refractivity contribution in [1.29, 1.82) is 0 Å². The van der Waals surface area contributed by atoms with Crippen LogP contribution in [-0.2, 0) is 19.4 Å². The topological polar surface area (TPSA) is 117 Å². The van der Waals surface area contributed by atoms with Crippen LogP contribution in [0.4, 0.5) is 0 Å². The van der Waals surface area contributed by atoms with Gasteiger partial charge in [-0.15, -0.1) is 11.3 Å². The van der Waals surface area contributed by atoms with Gasteiger partial charge in [-0.2, -0.15) is 0 Å². The fourth-order valence-electron chi connectivity index (χ4n) is 4.92. The van der Waals surface area contributed by atoms with Gasteiger partial charge in [-0.3, -0.25) is 19.8 Å². The number of carbonyl (C=O) groups excluding carboxylic acids is 2. The van der Waals surface area contributed by atoms with E-state index in [0.29, 0.717) is 4.88 Å². The molecule has 0 bridgehead atoms. The van der Waals surface area contributed by atoms with E-state index in [1.165, 1.54) is 22.4 Å². The molecule has 4 aromatic rings. The second kappa shape index (κ2) is 11.1. The third kappa shape index (κ3) is 5.36. The van der Waals surface area contributed by atoms with E-state index in [1.54, 1.807) is 29.7 Å². The largest absolute Gasteiger partial charge is 0.336 e. The van der Waals surface area contributed by atoms with Gasteiger partial charge in [0.15, 0.2) is 9.84 Å². The van der Waals surface area contributed by atoms with Crippen molar-refractivity contribution in [2.24, 2.45) is 0 Å². The fourth-order valence-corrected chi connectivity index (χ4v) is 8.53. The van der Waals surface area contributed by atoms with Crippen LogP contribution >= 0.6 is 11.3 Å². The standard InChI is InChI=1S/C29H27N3O5S2/c33-27(31-35)20-29(15-17-32(18-19-39(29,36)37)28(34)24-8-4-5-16-30-24)26-14-13-25(38-26)23-11-9-22(10-12-23)21-6-2-1-3-7-21/h1-14,16,35H,15,17-20H2,(H,31,33). The quantitative estimate of drug-likeness (QED) is 0.264. The Morgan fingerprint density at radius 3 is 2.28 bits per heavy atom. The summed E-state index contributed by atoms with van der Waals surface area (Å²) in [5, 5.41) is 9.30. The van der Waals surface area contributed by atoms with Crippen LogP contribution in [0.5, 0.6) is 0 Å². The molecule has 0 radical (unpaired) electrons. The molecule has 1 fully saturated rings. The van der Waals surface area contributed by atoms with Crippen molar-refractivity contribution in [2.45, 2.75) is 17.6 Å². The second-order valence-corrected chi connectivity index (χ2v) is 12.9. The molecule has 1 saturated heterocycles. The van der Waals surface area contributed by atoms with Crippen molar-refractivity contribution in [3.8, 4) is 21.6 Å². The van der Waals surface area contributed by atoms with Gasteiger partial charge in [-0.1, -0.05) is 60.7 Å². The zero-order chi connectivity index (χ0) is 27.5. The number of hydrogen-bond acceptors (Lipinski definition) is 7. The molecule has 2 aromatic carbocycles. The molecule has 2 aromatic heterocycles. The average Bonchev–Trinajstić information content (AvgIpc) is 3.43. The fraction of sp³-hybridized carbons (Fsp3) is 0.207. The molecule has 10 heteroatoms. The molecule has 0 aliphatic carbocycles. The number of carbonyl (C=O) groups is 2. The number of rotatable bonds is 6. The lowest BCUT2D eigenvalue weighted by Gasteiger charge is -2.30. The van der Waals surface area contributed by atoms with E-state index >= 15 is 0 Å². The van der Waals surface area contributed by atoms with Crippen LogP contribution < -0.4 is 5.48 Å². The lowest BCUT2D eigenvalue weighted by molar-refractivity contribution is -0.129. The molecule has 3 heterocycles. The van der Waals surface area contributed by atoms with Gasteiger partial charge in [-0.25, -0.2) is 13.9 Å². The highest BCUT2D eigenvalue weighted by atomic mass is 32.2.